The van der Waals surface area contributed by atoms with Crippen LogP contribution in [0.3, 0.4) is 0 Å². The summed E-state index contributed by atoms with van der Waals surface area (Å²) in [5, 5.41) is 9.87. The molecule has 2 aromatic rings. The van der Waals surface area contributed by atoms with Crippen LogP contribution in [0.2, 0.25) is 5.15 Å². The molecule has 2 rings (SSSR count). The van der Waals surface area contributed by atoms with Crippen molar-refractivity contribution in [3.8, 4) is 0 Å². The van der Waals surface area contributed by atoms with Gasteiger partial charge in [0, 0.05) is 0 Å². The van der Waals surface area contributed by atoms with Crippen LogP contribution in [0.15, 0.2) is 30.3 Å². The molecule has 1 amide bonds. The van der Waals surface area contributed by atoms with Gasteiger partial charge >= 0.3 is 0 Å². The van der Waals surface area contributed by atoms with E-state index in [1.165, 1.54) is 18.2 Å². The van der Waals surface area contributed by atoms with E-state index in [0.717, 1.165) is 12.1 Å². The van der Waals surface area contributed by atoms with Crippen molar-refractivity contribution >= 4 is 23.3 Å². The maximum absolute atomic E-state index is 13.0. The summed E-state index contributed by atoms with van der Waals surface area (Å²) in [5.74, 6) is -2.12. The molecule has 7 heteroatoms. The van der Waals surface area contributed by atoms with Crippen LogP contribution < -0.4 is 5.32 Å². The lowest BCUT2D eigenvalue weighted by molar-refractivity contribution is -0.115. The van der Waals surface area contributed by atoms with E-state index in [9.17, 15) is 13.6 Å². The normalized spacial score (nSPS) is 10.3. The van der Waals surface area contributed by atoms with Gasteiger partial charge in [0.15, 0.2) is 22.6 Å². The van der Waals surface area contributed by atoms with Gasteiger partial charge in [-0.05, 0) is 29.8 Å². The van der Waals surface area contributed by atoms with Crippen molar-refractivity contribution in [1.29, 1.82) is 0 Å². The molecule has 0 saturated heterocycles. The molecule has 1 heterocycles. The minimum Gasteiger partial charge on any atom is -0.309 e. The fourth-order valence-corrected chi connectivity index (χ4v) is 1.51. The first-order valence-corrected chi connectivity index (χ1v) is 5.65. The third-order valence-corrected chi connectivity index (χ3v) is 2.45. The average molecular weight is 284 g/mol. The maximum Gasteiger partial charge on any atom is 0.229 e. The van der Waals surface area contributed by atoms with Gasteiger partial charge in [-0.2, -0.15) is 0 Å². The number of amides is 1. The van der Waals surface area contributed by atoms with E-state index < -0.39 is 17.5 Å². The first-order valence-electron chi connectivity index (χ1n) is 5.27. The Hall–Kier alpha value is -2.08. The molecule has 1 N–H and O–H groups in total. The van der Waals surface area contributed by atoms with Crippen LogP contribution in [0, 0.1) is 11.6 Å². The van der Waals surface area contributed by atoms with Gasteiger partial charge in [-0.3, -0.25) is 4.79 Å². The van der Waals surface area contributed by atoms with Crippen molar-refractivity contribution in [2.75, 3.05) is 5.32 Å². The Balaban J connectivity index is 2.01. The largest absolute Gasteiger partial charge is 0.309 e. The molecule has 0 radical (unpaired) electrons. The third kappa shape index (κ3) is 3.69. The molecule has 0 aliphatic heterocycles. The number of hydrogen-bond acceptors (Lipinski definition) is 3. The van der Waals surface area contributed by atoms with Crippen molar-refractivity contribution in [3.63, 3.8) is 0 Å². The molecular formula is C12H8ClF2N3O. The molecule has 0 aliphatic rings. The summed E-state index contributed by atoms with van der Waals surface area (Å²) in [5.41, 5.74) is 0.360. The number of aromatic nitrogens is 2. The van der Waals surface area contributed by atoms with Gasteiger partial charge in [0.05, 0.1) is 6.42 Å². The molecule has 4 nitrogen and oxygen atoms in total. The molecule has 1 aromatic carbocycles. The van der Waals surface area contributed by atoms with E-state index in [0.29, 0.717) is 5.56 Å². The minimum atomic E-state index is -0.989. The average Bonchev–Trinajstić information content (AvgIpc) is 2.37. The molecule has 0 saturated carbocycles. The molecule has 0 bridgehead atoms. The van der Waals surface area contributed by atoms with Crippen LogP contribution in [-0.4, -0.2) is 16.1 Å². The molecule has 98 valence electrons. The minimum absolute atomic E-state index is 0.0957. The Morgan fingerprint density at radius 1 is 1.16 bits per heavy atom. The topological polar surface area (TPSA) is 54.9 Å². The zero-order valence-electron chi connectivity index (χ0n) is 9.53. The Labute approximate surface area is 112 Å². The summed E-state index contributed by atoms with van der Waals surface area (Å²) >= 11 is 5.55. The lowest BCUT2D eigenvalue weighted by Gasteiger charge is -2.04. The van der Waals surface area contributed by atoms with Crippen LogP contribution in [0.1, 0.15) is 5.56 Å². The zero-order chi connectivity index (χ0) is 13.8. The van der Waals surface area contributed by atoms with Crippen LogP contribution in [0.4, 0.5) is 14.6 Å². The highest BCUT2D eigenvalue weighted by Crippen LogP contribution is 2.11. The molecule has 1 aromatic heterocycles. The van der Waals surface area contributed by atoms with Gasteiger partial charge < -0.3 is 5.32 Å². The van der Waals surface area contributed by atoms with Crippen LogP contribution in [0.5, 0.6) is 0 Å². The summed E-state index contributed by atoms with van der Waals surface area (Å²) in [7, 11) is 0. The van der Waals surface area contributed by atoms with Gasteiger partial charge in [-0.1, -0.05) is 17.7 Å². The summed E-state index contributed by atoms with van der Waals surface area (Å²) < 4.78 is 25.7. The van der Waals surface area contributed by atoms with E-state index >= 15 is 0 Å². The first kappa shape index (κ1) is 13.4. The number of hydrogen-bond donors (Lipinski definition) is 1. The predicted molar refractivity (Wildman–Crippen MR) is 65.7 cm³/mol. The van der Waals surface area contributed by atoms with E-state index in [2.05, 4.69) is 15.5 Å². The van der Waals surface area contributed by atoms with E-state index in [1.807, 2.05) is 0 Å². The number of carbonyl (C=O) groups excluding carboxylic acids is 1. The Morgan fingerprint density at radius 3 is 2.58 bits per heavy atom. The second kappa shape index (κ2) is 5.71. The number of nitrogens with zero attached hydrogens (tertiary/aromatic N) is 2. The number of carbonyl (C=O) groups is 1. The van der Waals surface area contributed by atoms with Crippen molar-refractivity contribution in [3.05, 3.63) is 52.7 Å². The number of anilines is 1. The van der Waals surface area contributed by atoms with Gasteiger partial charge in [-0.15, -0.1) is 10.2 Å². The van der Waals surface area contributed by atoms with Crippen molar-refractivity contribution in [2.24, 2.45) is 0 Å². The van der Waals surface area contributed by atoms with E-state index in [-0.39, 0.29) is 17.4 Å². The van der Waals surface area contributed by atoms with Crippen LogP contribution in [-0.2, 0) is 11.2 Å². The van der Waals surface area contributed by atoms with E-state index in [1.54, 1.807) is 0 Å². The quantitative estimate of drug-likeness (QED) is 0.942. The highest BCUT2D eigenvalue weighted by Gasteiger charge is 2.08. The highest BCUT2D eigenvalue weighted by atomic mass is 35.5. The number of nitrogens with one attached hydrogen (secondary N) is 1. The van der Waals surface area contributed by atoms with Gasteiger partial charge in [-0.25, -0.2) is 8.78 Å². The van der Waals surface area contributed by atoms with Gasteiger partial charge in [0.2, 0.25) is 5.91 Å². The zero-order valence-corrected chi connectivity index (χ0v) is 10.3. The Morgan fingerprint density at radius 2 is 1.95 bits per heavy atom. The lowest BCUT2D eigenvalue weighted by Crippen LogP contribution is -2.15. The molecule has 0 fully saturated rings. The highest BCUT2D eigenvalue weighted by molar-refractivity contribution is 6.29. The molecule has 0 aliphatic carbocycles. The smallest absolute Gasteiger partial charge is 0.229 e. The summed E-state index contributed by atoms with van der Waals surface area (Å²) in [6, 6.07) is 6.24. The summed E-state index contributed by atoms with van der Waals surface area (Å²) in [6.45, 7) is 0. The van der Waals surface area contributed by atoms with Crippen LogP contribution in [0.25, 0.3) is 0 Å². The third-order valence-electron chi connectivity index (χ3n) is 2.25. The summed E-state index contributed by atoms with van der Waals surface area (Å²) in [6.07, 6.45) is -0.0957. The first-order chi connectivity index (χ1) is 9.04. The number of halogens is 3. The van der Waals surface area contributed by atoms with Crippen molar-refractivity contribution in [1.82, 2.24) is 10.2 Å². The second-order valence-corrected chi connectivity index (χ2v) is 4.10. The number of benzene rings is 1. The number of rotatable bonds is 3. The lowest BCUT2D eigenvalue weighted by atomic mass is 10.1. The molecule has 0 atom stereocenters. The molecule has 0 unspecified atom stereocenters. The predicted octanol–water partition coefficient (Wildman–Crippen LogP) is 2.59. The van der Waals surface area contributed by atoms with Gasteiger partial charge in [0.1, 0.15) is 0 Å². The SMILES string of the molecule is O=C(Cc1ccc(F)c(F)c1)Nc1ccc(Cl)nn1. The Bertz CT molecular complexity index is 604. The molecule has 19 heavy (non-hydrogen) atoms. The fraction of sp³-hybridized carbons (Fsp3) is 0.0833. The van der Waals surface area contributed by atoms with Crippen molar-refractivity contribution in [2.45, 2.75) is 6.42 Å². The maximum atomic E-state index is 13.0. The van der Waals surface area contributed by atoms with Gasteiger partial charge in [0.25, 0.3) is 0 Å². The van der Waals surface area contributed by atoms with Crippen molar-refractivity contribution < 1.29 is 13.6 Å². The Kier molecular flexibility index (Phi) is 4.01. The molecule has 0 spiro atoms. The van der Waals surface area contributed by atoms with E-state index in [4.69, 9.17) is 11.6 Å². The summed E-state index contributed by atoms with van der Waals surface area (Å²) in [4.78, 5) is 11.6. The standard InChI is InChI=1S/C12H8ClF2N3O/c13-10-3-4-11(18-17-10)16-12(19)6-7-1-2-8(14)9(15)5-7/h1-5H,6H2,(H,16,18,19). The van der Waals surface area contributed by atoms with Crippen LogP contribution >= 0.6 is 11.6 Å². The monoisotopic (exact) mass is 283 g/mol. The molecular weight excluding hydrogens is 276 g/mol. The fourth-order valence-electron chi connectivity index (χ4n) is 1.40. The second-order valence-electron chi connectivity index (χ2n) is 3.71.